The highest BCUT2D eigenvalue weighted by Crippen LogP contribution is 2.03. The van der Waals surface area contributed by atoms with Crippen LogP contribution in [0.15, 0.2) is 0 Å². The molecule has 12 heavy (non-hydrogen) atoms. The highest BCUT2D eigenvalue weighted by atomic mass is 17.2. The van der Waals surface area contributed by atoms with E-state index in [-0.39, 0.29) is 0 Å². The Balaban J connectivity index is 2.82. The van der Waals surface area contributed by atoms with Crippen molar-refractivity contribution in [3.05, 3.63) is 0 Å². The van der Waals surface area contributed by atoms with Crippen LogP contribution in [0.4, 0.5) is 0 Å². The summed E-state index contributed by atoms with van der Waals surface area (Å²) in [4.78, 5) is 9.94. The first-order chi connectivity index (χ1) is 5.77. The molecule has 0 amide bonds. The predicted octanol–water partition coefficient (Wildman–Crippen LogP) is 3.17. The fraction of sp³-hybridized carbons (Fsp3) is 1.00. The van der Waals surface area contributed by atoms with Crippen LogP contribution < -0.4 is 0 Å². The van der Waals surface area contributed by atoms with Crippen molar-refractivity contribution in [2.45, 2.75) is 46.5 Å². The van der Waals surface area contributed by atoms with Gasteiger partial charge in [-0.3, -0.25) is 0 Å². The fourth-order valence-corrected chi connectivity index (χ4v) is 0.872. The third kappa shape index (κ3) is 9.92. The zero-order chi connectivity index (χ0) is 9.23. The van der Waals surface area contributed by atoms with Crippen LogP contribution in [0, 0.1) is 5.92 Å². The van der Waals surface area contributed by atoms with Crippen LogP contribution in [0.2, 0.25) is 0 Å². The molecule has 0 fully saturated rings. The van der Waals surface area contributed by atoms with E-state index >= 15 is 0 Å². The predicted molar refractivity (Wildman–Crippen MR) is 50.9 cm³/mol. The van der Waals surface area contributed by atoms with Crippen molar-refractivity contribution >= 4 is 0 Å². The van der Waals surface area contributed by atoms with Crippen LogP contribution in [0.3, 0.4) is 0 Å². The molecule has 2 heteroatoms. The summed E-state index contributed by atoms with van der Waals surface area (Å²) >= 11 is 0. The lowest BCUT2D eigenvalue weighted by atomic mass is 10.1. The van der Waals surface area contributed by atoms with E-state index in [0.717, 1.165) is 38.4 Å². The average molecular weight is 174 g/mol. The Kier molecular flexibility index (Phi) is 8.95. The molecule has 0 rings (SSSR count). The number of hydrogen-bond acceptors (Lipinski definition) is 2. The Labute approximate surface area is 76.2 Å². The molecule has 0 aromatic rings. The van der Waals surface area contributed by atoms with Gasteiger partial charge in [-0.15, -0.1) is 0 Å². The van der Waals surface area contributed by atoms with E-state index in [0.29, 0.717) is 0 Å². The minimum Gasteiger partial charge on any atom is -0.237 e. The van der Waals surface area contributed by atoms with Crippen molar-refractivity contribution in [3.63, 3.8) is 0 Å². The van der Waals surface area contributed by atoms with Gasteiger partial charge in [0, 0.05) is 0 Å². The van der Waals surface area contributed by atoms with Gasteiger partial charge in [-0.2, -0.15) is 0 Å². The minimum atomic E-state index is 0.734. The summed E-state index contributed by atoms with van der Waals surface area (Å²) in [5, 5.41) is 0. The van der Waals surface area contributed by atoms with Crippen LogP contribution in [0.25, 0.3) is 0 Å². The van der Waals surface area contributed by atoms with Gasteiger partial charge in [-0.25, -0.2) is 9.78 Å². The molecular formula is C10H22O2. The second-order valence-electron chi connectivity index (χ2n) is 3.53. The van der Waals surface area contributed by atoms with E-state index in [1.807, 2.05) is 0 Å². The topological polar surface area (TPSA) is 18.5 Å². The van der Waals surface area contributed by atoms with Crippen LogP contribution >= 0.6 is 0 Å². The Morgan fingerprint density at radius 2 is 1.58 bits per heavy atom. The summed E-state index contributed by atoms with van der Waals surface area (Å²) in [6.45, 7) is 8.05. The molecule has 0 heterocycles. The summed E-state index contributed by atoms with van der Waals surface area (Å²) in [7, 11) is 0. The molecule has 0 aromatic heterocycles. The Morgan fingerprint density at radius 1 is 1.00 bits per heavy atom. The monoisotopic (exact) mass is 174 g/mol. The quantitative estimate of drug-likeness (QED) is 0.320. The average Bonchev–Trinajstić information content (AvgIpc) is 2.02. The molecule has 2 nitrogen and oxygen atoms in total. The smallest absolute Gasteiger partial charge is 0.0822 e. The molecule has 0 N–H and O–H groups in total. The van der Waals surface area contributed by atoms with Crippen molar-refractivity contribution in [1.82, 2.24) is 0 Å². The van der Waals surface area contributed by atoms with Gasteiger partial charge in [0.1, 0.15) is 0 Å². The second kappa shape index (κ2) is 9.01. The zero-order valence-electron chi connectivity index (χ0n) is 8.64. The van der Waals surface area contributed by atoms with E-state index in [1.165, 1.54) is 6.42 Å². The highest BCUT2D eigenvalue weighted by Gasteiger charge is 1.94. The van der Waals surface area contributed by atoms with E-state index in [1.54, 1.807) is 0 Å². The highest BCUT2D eigenvalue weighted by molar-refractivity contribution is 4.43. The molecule has 0 atom stereocenters. The lowest BCUT2D eigenvalue weighted by Crippen LogP contribution is -1.99. The largest absolute Gasteiger partial charge is 0.237 e. The lowest BCUT2D eigenvalue weighted by Gasteiger charge is -2.04. The van der Waals surface area contributed by atoms with Gasteiger partial charge in [-0.1, -0.05) is 27.2 Å². The maximum atomic E-state index is 4.99. The maximum absolute atomic E-state index is 4.99. The van der Waals surface area contributed by atoms with E-state index in [2.05, 4.69) is 20.8 Å². The summed E-state index contributed by atoms with van der Waals surface area (Å²) < 4.78 is 0. The SMILES string of the molecule is CCCCOOCCCC(C)C. The minimum absolute atomic E-state index is 0.734. The van der Waals surface area contributed by atoms with Crippen LogP contribution in [-0.2, 0) is 9.78 Å². The second-order valence-corrected chi connectivity index (χ2v) is 3.53. The molecule has 0 aliphatic rings. The van der Waals surface area contributed by atoms with Crippen molar-refractivity contribution in [2.24, 2.45) is 5.92 Å². The molecule has 0 aromatic carbocycles. The standard InChI is InChI=1S/C10H22O2/c1-4-5-8-11-12-9-6-7-10(2)3/h10H,4-9H2,1-3H3. The molecule has 0 saturated heterocycles. The van der Waals surface area contributed by atoms with Gasteiger partial charge in [0.15, 0.2) is 0 Å². The molecule has 0 aliphatic carbocycles. The van der Waals surface area contributed by atoms with Gasteiger partial charge >= 0.3 is 0 Å². The summed E-state index contributed by atoms with van der Waals surface area (Å²) in [6.07, 6.45) is 4.57. The van der Waals surface area contributed by atoms with Gasteiger partial charge in [0.25, 0.3) is 0 Å². The third-order valence-corrected chi connectivity index (χ3v) is 1.67. The van der Waals surface area contributed by atoms with Crippen molar-refractivity contribution in [1.29, 1.82) is 0 Å². The Morgan fingerprint density at radius 3 is 2.08 bits per heavy atom. The maximum Gasteiger partial charge on any atom is 0.0822 e. The van der Waals surface area contributed by atoms with Crippen molar-refractivity contribution < 1.29 is 9.78 Å². The lowest BCUT2D eigenvalue weighted by molar-refractivity contribution is -0.295. The van der Waals surface area contributed by atoms with Crippen LogP contribution in [0.1, 0.15) is 46.5 Å². The first-order valence-corrected chi connectivity index (χ1v) is 5.01. The summed E-state index contributed by atoms with van der Waals surface area (Å²) in [5.74, 6) is 0.768. The Hall–Kier alpha value is -0.0800. The summed E-state index contributed by atoms with van der Waals surface area (Å²) in [6, 6.07) is 0. The van der Waals surface area contributed by atoms with Crippen molar-refractivity contribution in [3.8, 4) is 0 Å². The molecule has 0 saturated carbocycles. The number of rotatable bonds is 8. The molecule has 0 radical (unpaired) electrons. The molecule has 0 unspecified atom stereocenters. The Bertz CT molecular complexity index is 81.9. The molecule has 0 aliphatic heterocycles. The van der Waals surface area contributed by atoms with Gasteiger partial charge in [0.05, 0.1) is 13.2 Å². The third-order valence-electron chi connectivity index (χ3n) is 1.67. The normalized spacial score (nSPS) is 11.0. The molecule has 74 valence electrons. The molecule has 0 spiro atoms. The van der Waals surface area contributed by atoms with Crippen LogP contribution in [0.5, 0.6) is 0 Å². The van der Waals surface area contributed by atoms with Gasteiger partial charge in [0.2, 0.25) is 0 Å². The van der Waals surface area contributed by atoms with Gasteiger partial charge in [-0.05, 0) is 25.2 Å². The van der Waals surface area contributed by atoms with Crippen molar-refractivity contribution in [2.75, 3.05) is 13.2 Å². The molecule has 0 bridgehead atoms. The fourth-order valence-electron chi connectivity index (χ4n) is 0.872. The molecular weight excluding hydrogens is 152 g/mol. The van der Waals surface area contributed by atoms with E-state index in [4.69, 9.17) is 9.78 Å². The first-order valence-electron chi connectivity index (χ1n) is 5.01. The van der Waals surface area contributed by atoms with E-state index in [9.17, 15) is 0 Å². The van der Waals surface area contributed by atoms with E-state index < -0.39 is 0 Å². The summed E-state index contributed by atoms with van der Waals surface area (Å²) in [5.41, 5.74) is 0. The first kappa shape index (κ1) is 11.9. The number of hydrogen-bond donors (Lipinski definition) is 0. The van der Waals surface area contributed by atoms with Gasteiger partial charge < -0.3 is 0 Å². The zero-order valence-corrected chi connectivity index (χ0v) is 8.64. The van der Waals surface area contributed by atoms with Crippen LogP contribution in [-0.4, -0.2) is 13.2 Å². The number of unbranched alkanes of at least 4 members (excludes halogenated alkanes) is 1.